The van der Waals surface area contributed by atoms with Crippen molar-refractivity contribution in [2.24, 2.45) is 0 Å². The predicted octanol–water partition coefficient (Wildman–Crippen LogP) is 2.51. The minimum absolute atomic E-state index is 0.152. The van der Waals surface area contributed by atoms with Gasteiger partial charge in [-0.1, -0.05) is 24.3 Å². The van der Waals surface area contributed by atoms with E-state index in [1.165, 1.54) is 24.3 Å². The van der Waals surface area contributed by atoms with Crippen molar-refractivity contribution in [1.29, 1.82) is 0 Å². The van der Waals surface area contributed by atoms with E-state index in [1.54, 1.807) is 24.3 Å². The van der Waals surface area contributed by atoms with Gasteiger partial charge < -0.3 is 9.84 Å². The van der Waals surface area contributed by atoms with Gasteiger partial charge in [0.15, 0.2) is 5.78 Å². The number of benzene rings is 2. The topological polar surface area (TPSA) is 66.8 Å². The second-order valence-electron chi connectivity index (χ2n) is 5.09. The number of rotatable bonds is 6. The standard InChI is InChI=1S/C17H17NO4/c1-18(2)11-22-15-5-3-4-14(10-15)16(19)12-6-8-13(9-7-12)17(20)21/h3-10H,11H2,1-2H3,(H,20,21). The Bertz CT molecular complexity index is 677. The second-order valence-corrected chi connectivity index (χ2v) is 5.09. The summed E-state index contributed by atoms with van der Waals surface area (Å²) in [7, 11) is 3.78. The molecule has 0 spiro atoms. The maximum absolute atomic E-state index is 12.4. The zero-order valence-electron chi connectivity index (χ0n) is 12.4. The van der Waals surface area contributed by atoms with E-state index in [4.69, 9.17) is 9.84 Å². The summed E-state index contributed by atoms with van der Waals surface area (Å²) in [6.45, 7) is 0.422. The van der Waals surface area contributed by atoms with Gasteiger partial charge in [-0.05, 0) is 38.4 Å². The zero-order valence-corrected chi connectivity index (χ0v) is 12.4. The van der Waals surface area contributed by atoms with Crippen LogP contribution in [0.2, 0.25) is 0 Å². The molecule has 0 saturated heterocycles. The van der Waals surface area contributed by atoms with Crippen molar-refractivity contribution in [2.45, 2.75) is 0 Å². The van der Waals surface area contributed by atoms with Gasteiger partial charge in [0, 0.05) is 11.1 Å². The Hall–Kier alpha value is -2.66. The van der Waals surface area contributed by atoms with Crippen LogP contribution in [0.15, 0.2) is 48.5 Å². The molecule has 22 heavy (non-hydrogen) atoms. The highest BCUT2D eigenvalue weighted by Gasteiger charge is 2.11. The Morgan fingerprint density at radius 3 is 2.23 bits per heavy atom. The Balaban J connectivity index is 2.18. The van der Waals surface area contributed by atoms with E-state index < -0.39 is 5.97 Å². The van der Waals surface area contributed by atoms with Gasteiger partial charge in [-0.2, -0.15) is 0 Å². The first-order valence-corrected chi connectivity index (χ1v) is 6.73. The number of carboxylic acids is 1. The lowest BCUT2D eigenvalue weighted by molar-refractivity contribution is 0.0696. The van der Waals surface area contributed by atoms with Crippen molar-refractivity contribution in [2.75, 3.05) is 20.8 Å². The van der Waals surface area contributed by atoms with E-state index in [0.29, 0.717) is 23.6 Å². The fourth-order valence-corrected chi connectivity index (χ4v) is 1.86. The molecule has 0 heterocycles. The van der Waals surface area contributed by atoms with E-state index in [1.807, 2.05) is 19.0 Å². The molecule has 0 saturated carbocycles. The fraction of sp³-hybridized carbons (Fsp3) is 0.176. The fourth-order valence-electron chi connectivity index (χ4n) is 1.86. The average Bonchev–Trinajstić information content (AvgIpc) is 2.52. The first-order chi connectivity index (χ1) is 10.5. The lowest BCUT2D eigenvalue weighted by Gasteiger charge is -2.12. The molecule has 0 amide bonds. The Kier molecular flexibility index (Phi) is 4.91. The first kappa shape index (κ1) is 15.7. The van der Waals surface area contributed by atoms with E-state index in [-0.39, 0.29) is 11.3 Å². The van der Waals surface area contributed by atoms with Crippen molar-refractivity contribution < 1.29 is 19.4 Å². The number of hydrogen-bond donors (Lipinski definition) is 1. The minimum Gasteiger partial charge on any atom is -0.478 e. The molecule has 0 aliphatic rings. The Morgan fingerprint density at radius 2 is 1.64 bits per heavy atom. The third-order valence-corrected chi connectivity index (χ3v) is 2.98. The molecule has 114 valence electrons. The van der Waals surface area contributed by atoms with Gasteiger partial charge >= 0.3 is 5.97 Å². The van der Waals surface area contributed by atoms with Gasteiger partial charge in [0.1, 0.15) is 12.5 Å². The second kappa shape index (κ2) is 6.87. The van der Waals surface area contributed by atoms with Crippen molar-refractivity contribution in [3.63, 3.8) is 0 Å². The summed E-state index contributed by atoms with van der Waals surface area (Å²) in [6.07, 6.45) is 0. The number of carboxylic acid groups (broad SMARTS) is 1. The molecule has 0 radical (unpaired) electrons. The number of hydrogen-bond acceptors (Lipinski definition) is 4. The Morgan fingerprint density at radius 1 is 1.00 bits per heavy atom. The van der Waals surface area contributed by atoms with Crippen LogP contribution < -0.4 is 4.74 Å². The molecular weight excluding hydrogens is 282 g/mol. The molecule has 0 fully saturated rings. The Labute approximate surface area is 128 Å². The van der Waals surface area contributed by atoms with Gasteiger partial charge in [0.2, 0.25) is 0 Å². The van der Waals surface area contributed by atoms with Crippen LogP contribution in [0.1, 0.15) is 26.3 Å². The molecule has 0 atom stereocenters. The number of carbonyl (C=O) groups excluding carboxylic acids is 1. The molecule has 1 N–H and O–H groups in total. The normalized spacial score (nSPS) is 10.5. The van der Waals surface area contributed by atoms with Crippen LogP contribution >= 0.6 is 0 Å². The molecule has 2 rings (SSSR count). The van der Waals surface area contributed by atoms with Crippen LogP contribution in [0.3, 0.4) is 0 Å². The molecule has 0 unspecified atom stereocenters. The summed E-state index contributed by atoms with van der Waals surface area (Å²) in [4.78, 5) is 25.1. The highest BCUT2D eigenvalue weighted by atomic mass is 16.5. The predicted molar refractivity (Wildman–Crippen MR) is 82.5 cm³/mol. The van der Waals surface area contributed by atoms with Crippen LogP contribution in [0.5, 0.6) is 5.75 Å². The summed E-state index contributed by atoms with van der Waals surface area (Å²) < 4.78 is 5.54. The average molecular weight is 299 g/mol. The van der Waals surface area contributed by atoms with Gasteiger partial charge in [0.05, 0.1) is 5.56 Å². The van der Waals surface area contributed by atoms with Gasteiger partial charge in [0.25, 0.3) is 0 Å². The summed E-state index contributed by atoms with van der Waals surface area (Å²) in [6, 6.07) is 12.8. The van der Waals surface area contributed by atoms with Gasteiger partial charge in [-0.25, -0.2) is 4.79 Å². The van der Waals surface area contributed by atoms with Crippen molar-refractivity contribution in [3.8, 4) is 5.75 Å². The molecule has 0 aliphatic heterocycles. The molecule has 5 heteroatoms. The smallest absolute Gasteiger partial charge is 0.335 e. The van der Waals surface area contributed by atoms with Crippen LogP contribution in [-0.2, 0) is 0 Å². The summed E-state index contributed by atoms with van der Waals surface area (Å²) in [5.74, 6) is -0.577. The van der Waals surface area contributed by atoms with E-state index in [9.17, 15) is 9.59 Å². The maximum Gasteiger partial charge on any atom is 0.335 e. The molecule has 5 nitrogen and oxygen atoms in total. The minimum atomic E-state index is -1.02. The van der Waals surface area contributed by atoms with Crippen molar-refractivity contribution in [1.82, 2.24) is 4.90 Å². The molecule has 2 aromatic rings. The number of ketones is 1. The third-order valence-electron chi connectivity index (χ3n) is 2.98. The first-order valence-electron chi connectivity index (χ1n) is 6.73. The summed E-state index contributed by atoms with van der Waals surface area (Å²) in [5, 5.41) is 8.87. The lowest BCUT2D eigenvalue weighted by Crippen LogP contribution is -2.18. The quantitative estimate of drug-likeness (QED) is 0.656. The highest BCUT2D eigenvalue weighted by Crippen LogP contribution is 2.17. The zero-order chi connectivity index (χ0) is 16.1. The van der Waals surface area contributed by atoms with Crippen molar-refractivity contribution in [3.05, 3.63) is 65.2 Å². The lowest BCUT2D eigenvalue weighted by atomic mass is 10.0. The number of carbonyl (C=O) groups is 2. The third kappa shape index (κ3) is 3.93. The van der Waals surface area contributed by atoms with Gasteiger partial charge in [-0.3, -0.25) is 9.69 Å². The monoisotopic (exact) mass is 299 g/mol. The number of ether oxygens (including phenoxy) is 1. The van der Waals surface area contributed by atoms with E-state index in [2.05, 4.69) is 0 Å². The molecule has 2 aromatic carbocycles. The maximum atomic E-state index is 12.4. The number of aromatic carboxylic acids is 1. The molecule has 0 bridgehead atoms. The van der Waals surface area contributed by atoms with Gasteiger partial charge in [-0.15, -0.1) is 0 Å². The van der Waals surface area contributed by atoms with E-state index in [0.717, 1.165) is 0 Å². The van der Waals surface area contributed by atoms with Crippen molar-refractivity contribution >= 4 is 11.8 Å². The molecular formula is C17H17NO4. The van der Waals surface area contributed by atoms with Crippen LogP contribution in [0.4, 0.5) is 0 Å². The van der Waals surface area contributed by atoms with Crippen LogP contribution in [-0.4, -0.2) is 42.6 Å². The number of nitrogens with zero attached hydrogens (tertiary/aromatic N) is 1. The van der Waals surface area contributed by atoms with Crippen LogP contribution in [0, 0.1) is 0 Å². The SMILES string of the molecule is CN(C)COc1cccc(C(=O)c2ccc(C(=O)O)cc2)c1. The summed E-state index contributed by atoms with van der Waals surface area (Å²) >= 11 is 0. The molecule has 0 aliphatic carbocycles. The summed E-state index contributed by atoms with van der Waals surface area (Å²) in [5.41, 5.74) is 1.09. The van der Waals surface area contributed by atoms with E-state index >= 15 is 0 Å². The highest BCUT2D eigenvalue weighted by molar-refractivity contribution is 6.09. The van der Waals surface area contributed by atoms with Crippen LogP contribution in [0.25, 0.3) is 0 Å². The molecule has 0 aromatic heterocycles. The largest absolute Gasteiger partial charge is 0.478 e.